The molecule has 0 radical (unpaired) electrons. The molecule has 0 aromatic heterocycles. The molecule has 1 aliphatic rings. The van der Waals surface area contributed by atoms with E-state index in [1.54, 1.807) is 0 Å². The number of carbonyl (C=O) groups excluding carboxylic acids is 2. The third-order valence-electron chi connectivity index (χ3n) is 1.47. The van der Waals surface area contributed by atoms with Crippen molar-refractivity contribution < 1.29 is 32.0 Å². The predicted octanol–water partition coefficient (Wildman–Crippen LogP) is 2.34. The van der Waals surface area contributed by atoms with Gasteiger partial charge in [0, 0.05) is 0 Å². The Morgan fingerprint density at radius 1 is 1.21 bits per heavy atom. The van der Waals surface area contributed by atoms with Gasteiger partial charge >= 0.3 is 22.4 Å². The first-order valence-electron chi connectivity index (χ1n) is 4.48. The molecule has 0 N–H and O–H groups in total. The first-order chi connectivity index (χ1) is 6.06. The van der Waals surface area contributed by atoms with Gasteiger partial charge in [-0.1, -0.05) is 13.3 Å². The van der Waals surface area contributed by atoms with Gasteiger partial charge in [-0.3, -0.25) is 0 Å². The van der Waals surface area contributed by atoms with Crippen molar-refractivity contribution in [2.24, 2.45) is 0 Å². The zero-order valence-electron chi connectivity index (χ0n) is 8.84. The quantitative estimate of drug-likeness (QED) is 0.407. The maximum atomic E-state index is 10.1. The number of hydrogen-bond donors (Lipinski definition) is 0. The summed E-state index contributed by atoms with van der Waals surface area (Å²) in [6.07, 6.45) is 3.44. The van der Waals surface area contributed by atoms with E-state index < -0.39 is 0 Å². The fourth-order valence-corrected chi connectivity index (χ4v) is 1.81. The van der Waals surface area contributed by atoms with Crippen LogP contribution in [0.1, 0.15) is 26.2 Å². The van der Waals surface area contributed by atoms with Crippen molar-refractivity contribution in [3.63, 3.8) is 0 Å². The normalized spacial score (nSPS) is 14.3. The van der Waals surface area contributed by atoms with Gasteiger partial charge in [-0.2, -0.15) is 0 Å². The van der Waals surface area contributed by atoms with Crippen molar-refractivity contribution in [3.05, 3.63) is 5.32 Å². The van der Waals surface area contributed by atoms with Gasteiger partial charge in [-0.15, -0.1) is 7.92 Å². The molecule has 0 unspecified atom stereocenters. The minimum Gasteiger partial charge on any atom is -0.596 e. The van der Waals surface area contributed by atoms with Crippen LogP contribution in [-0.4, -0.2) is 31.3 Å². The average molecular weight is 399 g/mol. The number of hydrogen-bond acceptors (Lipinski definition) is 2. The largest absolute Gasteiger partial charge is 1.00 e. The van der Waals surface area contributed by atoms with E-state index in [0.717, 1.165) is 0 Å². The molecule has 1 fully saturated rings. The fourth-order valence-electron chi connectivity index (χ4n) is 0.912. The molecule has 5 heteroatoms. The molecule has 14 heavy (non-hydrogen) atoms. The molecule has 0 saturated carbocycles. The van der Waals surface area contributed by atoms with Crippen molar-refractivity contribution in [1.29, 1.82) is 0 Å². The van der Waals surface area contributed by atoms with Crippen LogP contribution < -0.4 is 0 Å². The summed E-state index contributed by atoms with van der Waals surface area (Å²) in [4.78, 5) is 20.1. The number of carbonyl (C=O) groups is 2. The maximum Gasteiger partial charge on any atom is 1.00 e. The van der Waals surface area contributed by atoms with E-state index in [1.807, 2.05) is 0 Å². The van der Waals surface area contributed by atoms with Crippen LogP contribution in [-0.2, 0) is 32.0 Å². The third-order valence-corrected chi connectivity index (χ3v) is 2.81. The number of amides is 2. The molecule has 1 saturated heterocycles. The average Bonchev–Trinajstić information content (AvgIpc) is 2.35. The second-order valence-corrected chi connectivity index (χ2v) is 5.81. The van der Waals surface area contributed by atoms with Crippen molar-refractivity contribution >= 4 is 19.7 Å². The Balaban J connectivity index is 0. The fraction of sp³-hybridized carbons (Fsp3) is 0.778. The monoisotopic (exact) mass is 399 g/mol. The van der Waals surface area contributed by atoms with Crippen LogP contribution in [0.25, 0.3) is 5.32 Å². The van der Waals surface area contributed by atoms with Crippen LogP contribution in [0.5, 0.6) is 0 Å². The van der Waals surface area contributed by atoms with Crippen molar-refractivity contribution in [3.8, 4) is 0 Å². The van der Waals surface area contributed by atoms with Crippen LogP contribution in [0.3, 0.4) is 0 Å². The van der Waals surface area contributed by atoms with Crippen LogP contribution >= 0.6 is 7.92 Å². The van der Waals surface area contributed by atoms with E-state index >= 15 is 0 Å². The number of nitrogens with zero attached hydrogens (tertiary/aromatic N) is 1. The summed E-state index contributed by atoms with van der Waals surface area (Å²) in [7, 11) is 0.399. The molecule has 3 nitrogen and oxygen atoms in total. The smallest absolute Gasteiger partial charge is 0.596 e. The van der Waals surface area contributed by atoms with Crippen LogP contribution in [0.15, 0.2) is 0 Å². The zero-order valence-corrected chi connectivity index (χ0v) is 11.9. The molecule has 0 aromatic rings. The van der Waals surface area contributed by atoms with E-state index in [9.17, 15) is 9.59 Å². The molecule has 1 aliphatic heterocycles. The zero-order chi connectivity index (χ0) is 10.3. The summed E-state index contributed by atoms with van der Waals surface area (Å²) in [5, 5.41) is 3.11. The van der Waals surface area contributed by atoms with Gasteiger partial charge in [0.05, 0.1) is 11.8 Å². The van der Waals surface area contributed by atoms with Crippen LogP contribution in [0, 0.1) is 0 Å². The van der Waals surface area contributed by atoms with Crippen molar-refractivity contribution in [2.45, 2.75) is 26.2 Å². The van der Waals surface area contributed by atoms with E-state index in [0.29, 0.717) is 20.8 Å². The van der Waals surface area contributed by atoms with Crippen LogP contribution in [0.2, 0.25) is 0 Å². The Morgan fingerprint density at radius 3 is 1.71 bits per heavy atom. The summed E-state index contributed by atoms with van der Waals surface area (Å²) >= 11 is 0. The Bertz CT molecular complexity index is 172. The Morgan fingerprint density at radius 2 is 1.64 bits per heavy atom. The Kier molecular flexibility index (Phi) is 11.8. The second kappa shape index (κ2) is 9.85. The molecular formula is C9H17AuNO2P. The molecule has 86 valence electrons. The minimum atomic E-state index is -0.273. The van der Waals surface area contributed by atoms with E-state index in [-0.39, 0.29) is 34.2 Å². The Hall–Kier alpha value is 0.310. The van der Waals surface area contributed by atoms with Gasteiger partial charge in [0.1, 0.15) is 0 Å². The Labute approximate surface area is 103 Å². The van der Waals surface area contributed by atoms with E-state index in [2.05, 4.69) is 25.6 Å². The van der Waals surface area contributed by atoms with Crippen molar-refractivity contribution in [1.82, 2.24) is 0 Å². The van der Waals surface area contributed by atoms with Gasteiger partial charge in [0.25, 0.3) is 0 Å². The van der Waals surface area contributed by atoms with Gasteiger partial charge in [-0.25, -0.2) is 0 Å². The summed E-state index contributed by atoms with van der Waals surface area (Å²) in [6.45, 7) is 6.88. The molecule has 0 bridgehead atoms. The molecule has 0 aromatic carbocycles. The van der Waals surface area contributed by atoms with Gasteiger partial charge in [0.15, 0.2) is 0 Å². The molecule has 1 heterocycles. The first kappa shape index (κ1) is 16.7. The molecular weight excluding hydrogens is 382 g/mol. The third kappa shape index (κ3) is 10.4. The van der Waals surface area contributed by atoms with Gasteiger partial charge in [0.2, 0.25) is 0 Å². The van der Waals surface area contributed by atoms with Crippen molar-refractivity contribution in [2.75, 3.05) is 19.5 Å². The molecule has 0 spiro atoms. The summed E-state index contributed by atoms with van der Waals surface area (Å²) in [6, 6.07) is 0. The topological polar surface area (TPSA) is 48.2 Å². The van der Waals surface area contributed by atoms with Gasteiger partial charge in [-0.05, 0) is 32.3 Å². The molecule has 0 aliphatic carbocycles. The second-order valence-electron chi connectivity index (χ2n) is 3.20. The summed E-state index contributed by atoms with van der Waals surface area (Å²) in [5.74, 6) is -0.546. The predicted molar refractivity (Wildman–Crippen MR) is 56.5 cm³/mol. The van der Waals surface area contributed by atoms with Gasteiger partial charge < -0.3 is 14.9 Å². The maximum absolute atomic E-state index is 10.1. The van der Waals surface area contributed by atoms with E-state index in [4.69, 9.17) is 0 Å². The molecule has 2 amide bonds. The summed E-state index contributed by atoms with van der Waals surface area (Å²) in [5.41, 5.74) is 0. The SMILES string of the molecule is CCCP(C)C.O=C1CCC(=O)[N-]1.[Au+]. The summed E-state index contributed by atoms with van der Waals surface area (Å²) < 4.78 is 0. The first-order valence-corrected chi connectivity index (χ1v) is 6.90. The molecule has 0 atom stereocenters. The van der Waals surface area contributed by atoms with E-state index in [1.165, 1.54) is 12.6 Å². The standard InChI is InChI=1S/C5H13P.C4H5NO2.Au/c1-4-5-6(2)3;6-3-1-2-4(7)5-3;/h4-5H2,1-3H3;1-2H2,(H,5,6,7);/q;;+1/p-1. The number of imide groups is 1. The van der Waals surface area contributed by atoms with Crippen LogP contribution in [0.4, 0.5) is 0 Å². The molecule has 1 rings (SSSR count). The minimum absolute atomic E-state index is 0. The number of rotatable bonds is 2.